The molecule has 1 fully saturated rings. The van der Waals surface area contributed by atoms with Crippen molar-refractivity contribution in [2.24, 2.45) is 13.0 Å². The van der Waals surface area contributed by atoms with Crippen LogP contribution in [0.5, 0.6) is 0 Å². The summed E-state index contributed by atoms with van der Waals surface area (Å²) < 4.78 is 1.47. The molecule has 8 heteroatoms. The first kappa shape index (κ1) is 14.0. The Balaban J connectivity index is 2.03. The number of carbonyl (C=O) groups excluding carboxylic acids is 2. The highest BCUT2D eigenvalue weighted by Gasteiger charge is 2.29. The zero-order chi connectivity index (χ0) is 14.7. The molecule has 2 heterocycles. The fourth-order valence-corrected chi connectivity index (χ4v) is 2.09. The van der Waals surface area contributed by atoms with Crippen molar-refractivity contribution < 1.29 is 19.5 Å². The zero-order valence-electron chi connectivity index (χ0n) is 11.0. The minimum Gasteiger partial charge on any atom is -0.479 e. The molecule has 2 amide bonds. The molecule has 1 aromatic heterocycles. The lowest BCUT2D eigenvalue weighted by atomic mass is 9.97. The molecule has 1 aromatic rings. The van der Waals surface area contributed by atoms with Crippen LogP contribution in [-0.2, 0) is 21.4 Å². The van der Waals surface area contributed by atoms with Crippen LogP contribution in [0.1, 0.15) is 24.4 Å². The Morgan fingerprint density at radius 3 is 2.85 bits per heavy atom. The third-order valence-corrected chi connectivity index (χ3v) is 3.23. The predicted molar refractivity (Wildman–Crippen MR) is 67.5 cm³/mol. The van der Waals surface area contributed by atoms with Crippen LogP contribution in [0, 0.1) is 5.92 Å². The Morgan fingerprint density at radius 2 is 2.35 bits per heavy atom. The summed E-state index contributed by atoms with van der Waals surface area (Å²) in [6.07, 6.45) is 3.66. The van der Waals surface area contributed by atoms with Crippen molar-refractivity contribution >= 4 is 17.8 Å². The molecule has 0 aromatic carbocycles. The first-order valence-corrected chi connectivity index (χ1v) is 6.26. The molecule has 0 spiro atoms. The highest BCUT2D eigenvalue weighted by molar-refractivity contribution is 5.87. The van der Waals surface area contributed by atoms with Crippen LogP contribution < -0.4 is 10.6 Å². The summed E-state index contributed by atoms with van der Waals surface area (Å²) in [5.41, 5.74) is 0.410. The molecule has 0 aliphatic carbocycles. The number of carboxylic acid groups (broad SMARTS) is 1. The molecular weight excluding hydrogens is 264 g/mol. The maximum atomic E-state index is 12.0. The van der Waals surface area contributed by atoms with Gasteiger partial charge < -0.3 is 15.7 Å². The van der Waals surface area contributed by atoms with Gasteiger partial charge in [0.15, 0.2) is 6.04 Å². The largest absolute Gasteiger partial charge is 0.479 e. The van der Waals surface area contributed by atoms with Crippen molar-refractivity contribution in [3.05, 3.63) is 18.0 Å². The van der Waals surface area contributed by atoms with Gasteiger partial charge in [-0.2, -0.15) is 5.10 Å². The molecule has 1 aliphatic heterocycles. The van der Waals surface area contributed by atoms with E-state index >= 15 is 0 Å². The highest BCUT2D eigenvalue weighted by Crippen LogP contribution is 2.16. The lowest BCUT2D eigenvalue weighted by Gasteiger charge is -2.23. The van der Waals surface area contributed by atoms with Crippen LogP contribution in [-0.4, -0.2) is 39.2 Å². The Hall–Kier alpha value is -2.38. The summed E-state index contributed by atoms with van der Waals surface area (Å²) in [6, 6.07) is -1.13. The summed E-state index contributed by atoms with van der Waals surface area (Å²) in [6.45, 7) is 0.240. The summed E-state index contributed by atoms with van der Waals surface area (Å²) in [5.74, 6) is -2.00. The van der Waals surface area contributed by atoms with Gasteiger partial charge in [-0.1, -0.05) is 0 Å². The van der Waals surface area contributed by atoms with E-state index in [0.717, 1.165) is 0 Å². The van der Waals surface area contributed by atoms with Gasteiger partial charge in [-0.3, -0.25) is 14.3 Å². The molecule has 2 atom stereocenters. The number of piperidine rings is 1. The number of rotatable bonds is 4. The van der Waals surface area contributed by atoms with E-state index in [1.807, 2.05) is 0 Å². The van der Waals surface area contributed by atoms with Crippen LogP contribution in [0.15, 0.2) is 12.4 Å². The number of carbonyl (C=O) groups is 3. The molecule has 1 saturated heterocycles. The van der Waals surface area contributed by atoms with E-state index < -0.39 is 17.9 Å². The second-order valence-electron chi connectivity index (χ2n) is 4.77. The Kier molecular flexibility index (Phi) is 4.02. The molecule has 108 valence electrons. The van der Waals surface area contributed by atoms with Crippen LogP contribution in [0.2, 0.25) is 0 Å². The summed E-state index contributed by atoms with van der Waals surface area (Å²) in [4.78, 5) is 34.3. The lowest BCUT2D eigenvalue weighted by Crippen LogP contribution is -2.45. The minimum atomic E-state index is -1.15. The van der Waals surface area contributed by atoms with Gasteiger partial charge in [0, 0.05) is 31.8 Å². The molecule has 0 radical (unpaired) electrons. The zero-order valence-corrected chi connectivity index (χ0v) is 11.0. The molecule has 20 heavy (non-hydrogen) atoms. The SMILES string of the molecule is Cn1cc(C(NC(=O)C2CCC(=O)NC2)C(=O)O)cn1. The average molecular weight is 280 g/mol. The lowest BCUT2D eigenvalue weighted by molar-refractivity contribution is -0.143. The molecule has 8 nitrogen and oxygen atoms in total. The van der Waals surface area contributed by atoms with Crippen molar-refractivity contribution in [1.82, 2.24) is 20.4 Å². The molecule has 0 bridgehead atoms. The number of hydrogen-bond donors (Lipinski definition) is 3. The third kappa shape index (κ3) is 3.14. The highest BCUT2D eigenvalue weighted by atomic mass is 16.4. The van der Waals surface area contributed by atoms with E-state index in [1.165, 1.54) is 10.9 Å². The van der Waals surface area contributed by atoms with Gasteiger partial charge in [0.1, 0.15) is 0 Å². The van der Waals surface area contributed by atoms with E-state index in [9.17, 15) is 19.5 Å². The molecule has 3 N–H and O–H groups in total. The Morgan fingerprint density at radius 1 is 1.60 bits per heavy atom. The van der Waals surface area contributed by atoms with E-state index in [1.54, 1.807) is 13.2 Å². The predicted octanol–water partition coefficient (Wildman–Crippen LogP) is -0.812. The van der Waals surface area contributed by atoms with E-state index in [2.05, 4.69) is 15.7 Å². The van der Waals surface area contributed by atoms with Crippen molar-refractivity contribution in [2.75, 3.05) is 6.54 Å². The number of aryl methyl sites for hydroxylation is 1. The van der Waals surface area contributed by atoms with Gasteiger partial charge in [0.25, 0.3) is 0 Å². The monoisotopic (exact) mass is 280 g/mol. The number of aliphatic carboxylic acids is 1. The van der Waals surface area contributed by atoms with Crippen molar-refractivity contribution in [3.63, 3.8) is 0 Å². The van der Waals surface area contributed by atoms with E-state index in [4.69, 9.17) is 0 Å². The summed E-state index contributed by atoms with van der Waals surface area (Å²) >= 11 is 0. The molecular formula is C12H16N4O4. The quantitative estimate of drug-likeness (QED) is 0.667. The number of hydrogen-bond acceptors (Lipinski definition) is 4. The normalized spacial score (nSPS) is 20.1. The fourth-order valence-electron chi connectivity index (χ4n) is 2.09. The van der Waals surface area contributed by atoms with Gasteiger partial charge in [-0.05, 0) is 6.42 Å². The van der Waals surface area contributed by atoms with Gasteiger partial charge in [0.2, 0.25) is 11.8 Å². The first-order valence-electron chi connectivity index (χ1n) is 6.26. The first-order chi connectivity index (χ1) is 9.47. The standard InChI is InChI=1S/C12H16N4O4/c1-16-6-8(5-14-16)10(12(19)20)15-11(18)7-2-3-9(17)13-4-7/h5-7,10H,2-4H2,1H3,(H,13,17)(H,15,18)(H,19,20). The molecule has 2 unspecified atom stereocenters. The van der Waals surface area contributed by atoms with E-state index in [-0.39, 0.29) is 24.8 Å². The topological polar surface area (TPSA) is 113 Å². The van der Waals surface area contributed by atoms with Crippen LogP contribution >= 0.6 is 0 Å². The number of aromatic nitrogens is 2. The van der Waals surface area contributed by atoms with Crippen LogP contribution in [0.25, 0.3) is 0 Å². The minimum absolute atomic E-state index is 0.0870. The maximum absolute atomic E-state index is 12.0. The van der Waals surface area contributed by atoms with Gasteiger partial charge in [-0.15, -0.1) is 0 Å². The van der Waals surface area contributed by atoms with Gasteiger partial charge in [0.05, 0.1) is 12.1 Å². The van der Waals surface area contributed by atoms with Crippen LogP contribution in [0.3, 0.4) is 0 Å². The number of carboxylic acids is 1. The number of amides is 2. The van der Waals surface area contributed by atoms with Gasteiger partial charge >= 0.3 is 5.97 Å². The van der Waals surface area contributed by atoms with Gasteiger partial charge in [-0.25, -0.2) is 4.79 Å². The fraction of sp³-hybridized carbons (Fsp3) is 0.500. The van der Waals surface area contributed by atoms with Crippen molar-refractivity contribution in [2.45, 2.75) is 18.9 Å². The number of nitrogens with zero attached hydrogens (tertiary/aromatic N) is 2. The summed E-state index contributed by atoms with van der Waals surface area (Å²) in [5, 5.41) is 18.2. The van der Waals surface area contributed by atoms with Crippen molar-refractivity contribution in [3.8, 4) is 0 Å². The second-order valence-corrected chi connectivity index (χ2v) is 4.77. The Bertz CT molecular complexity index is 529. The maximum Gasteiger partial charge on any atom is 0.331 e. The molecule has 2 rings (SSSR count). The second kappa shape index (κ2) is 5.72. The van der Waals surface area contributed by atoms with Crippen LogP contribution in [0.4, 0.5) is 0 Å². The summed E-state index contributed by atoms with van der Waals surface area (Å²) in [7, 11) is 1.67. The smallest absolute Gasteiger partial charge is 0.331 e. The Labute approximate surface area is 115 Å². The average Bonchev–Trinajstić information content (AvgIpc) is 2.82. The third-order valence-electron chi connectivity index (χ3n) is 3.23. The molecule has 1 aliphatic rings. The molecule has 0 saturated carbocycles. The van der Waals surface area contributed by atoms with E-state index in [0.29, 0.717) is 12.0 Å². The number of nitrogens with one attached hydrogen (secondary N) is 2. The van der Waals surface area contributed by atoms with Crippen molar-refractivity contribution in [1.29, 1.82) is 0 Å².